The zero-order valence-electron chi connectivity index (χ0n) is 11.5. The van der Waals surface area contributed by atoms with E-state index >= 15 is 0 Å². The Kier molecular flexibility index (Phi) is 4.33. The fourth-order valence-electron chi connectivity index (χ4n) is 1.51. The molecular formula is C15H22O2. The molecule has 1 rings (SSSR count). The lowest BCUT2D eigenvalue weighted by molar-refractivity contribution is 0.101. The summed E-state index contributed by atoms with van der Waals surface area (Å²) in [7, 11) is 0. The van der Waals surface area contributed by atoms with Gasteiger partial charge in [0.25, 0.3) is 0 Å². The van der Waals surface area contributed by atoms with E-state index in [1.165, 1.54) is 0 Å². The molecule has 94 valence electrons. The van der Waals surface area contributed by atoms with Crippen LogP contribution in [0.2, 0.25) is 0 Å². The van der Waals surface area contributed by atoms with Crippen molar-refractivity contribution in [3.05, 3.63) is 29.3 Å². The molecule has 0 saturated carbocycles. The second kappa shape index (κ2) is 5.35. The largest absolute Gasteiger partial charge is 0.493 e. The van der Waals surface area contributed by atoms with Crippen molar-refractivity contribution in [1.82, 2.24) is 0 Å². The van der Waals surface area contributed by atoms with Crippen LogP contribution in [-0.4, -0.2) is 12.4 Å². The molecule has 0 atom stereocenters. The van der Waals surface area contributed by atoms with Gasteiger partial charge in [-0.1, -0.05) is 32.4 Å². The van der Waals surface area contributed by atoms with Crippen LogP contribution in [0.3, 0.4) is 0 Å². The van der Waals surface area contributed by atoms with E-state index in [1.807, 2.05) is 25.1 Å². The molecule has 0 bridgehead atoms. The quantitative estimate of drug-likeness (QED) is 0.736. The molecule has 2 nitrogen and oxygen atoms in total. The van der Waals surface area contributed by atoms with Crippen molar-refractivity contribution in [2.24, 2.45) is 5.41 Å². The molecule has 0 fully saturated rings. The highest BCUT2D eigenvalue weighted by Gasteiger charge is 2.12. The van der Waals surface area contributed by atoms with Crippen molar-refractivity contribution in [2.45, 2.75) is 41.0 Å². The monoisotopic (exact) mass is 234 g/mol. The number of rotatable bonds is 4. The normalized spacial score (nSPS) is 11.4. The Balaban J connectivity index is 2.74. The van der Waals surface area contributed by atoms with Crippen LogP contribution in [0, 0.1) is 12.3 Å². The maximum atomic E-state index is 11.5. The van der Waals surface area contributed by atoms with Crippen molar-refractivity contribution in [3.8, 4) is 5.75 Å². The zero-order valence-corrected chi connectivity index (χ0v) is 11.5. The molecule has 1 aromatic rings. The molecule has 0 aromatic heterocycles. The summed E-state index contributed by atoms with van der Waals surface area (Å²) in [5, 5.41) is 0. The predicted molar refractivity (Wildman–Crippen MR) is 70.8 cm³/mol. The Morgan fingerprint density at radius 2 is 1.94 bits per heavy atom. The summed E-state index contributed by atoms with van der Waals surface area (Å²) in [6.45, 7) is 10.7. The predicted octanol–water partition coefficient (Wildman–Crippen LogP) is 4.01. The molecule has 0 spiro atoms. The highest BCUT2D eigenvalue weighted by atomic mass is 16.5. The number of aryl methyl sites for hydroxylation is 1. The standard InChI is InChI=1S/C15H22O2/c1-11-6-7-14(13(10-11)12(2)16)17-9-8-15(3,4)5/h6-7,10H,8-9H2,1-5H3. The summed E-state index contributed by atoms with van der Waals surface area (Å²) in [6.07, 6.45) is 0.970. The van der Waals surface area contributed by atoms with Crippen LogP contribution in [0.15, 0.2) is 18.2 Å². The van der Waals surface area contributed by atoms with Gasteiger partial charge in [0, 0.05) is 0 Å². The molecule has 1 aromatic carbocycles. The summed E-state index contributed by atoms with van der Waals surface area (Å²) < 4.78 is 5.71. The lowest BCUT2D eigenvalue weighted by Crippen LogP contribution is -2.12. The number of ketones is 1. The van der Waals surface area contributed by atoms with Gasteiger partial charge in [0.1, 0.15) is 5.75 Å². The van der Waals surface area contributed by atoms with Gasteiger partial charge in [-0.3, -0.25) is 4.79 Å². The van der Waals surface area contributed by atoms with Crippen molar-refractivity contribution >= 4 is 5.78 Å². The molecule has 0 N–H and O–H groups in total. The summed E-state index contributed by atoms with van der Waals surface area (Å²) >= 11 is 0. The van der Waals surface area contributed by atoms with Crippen LogP contribution in [0.5, 0.6) is 5.75 Å². The van der Waals surface area contributed by atoms with Gasteiger partial charge in [-0.2, -0.15) is 0 Å². The van der Waals surface area contributed by atoms with E-state index < -0.39 is 0 Å². The molecule has 0 radical (unpaired) electrons. The van der Waals surface area contributed by atoms with E-state index in [0.717, 1.165) is 12.0 Å². The third kappa shape index (κ3) is 4.59. The highest BCUT2D eigenvalue weighted by Crippen LogP contribution is 2.23. The van der Waals surface area contributed by atoms with Crippen LogP contribution >= 0.6 is 0 Å². The van der Waals surface area contributed by atoms with E-state index in [0.29, 0.717) is 17.9 Å². The number of Topliss-reactive ketones (excluding diaryl/α,β-unsaturated/α-hetero) is 1. The number of hydrogen-bond acceptors (Lipinski definition) is 2. The number of carbonyl (C=O) groups is 1. The first-order valence-corrected chi connectivity index (χ1v) is 6.04. The minimum atomic E-state index is 0.0551. The molecule has 0 saturated heterocycles. The Labute approximate surface area is 104 Å². The third-order valence-corrected chi connectivity index (χ3v) is 2.62. The molecular weight excluding hydrogens is 212 g/mol. The first kappa shape index (κ1) is 13.8. The van der Waals surface area contributed by atoms with Gasteiger partial charge >= 0.3 is 0 Å². The second-order valence-electron chi connectivity index (χ2n) is 5.71. The Morgan fingerprint density at radius 1 is 1.29 bits per heavy atom. The van der Waals surface area contributed by atoms with Gasteiger partial charge in [-0.05, 0) is 37.8 Å². The first-order chi connectivity index (χ1) is 7.79. The Hall–Kier alpha value is -1.31. The fraction of sp³-hybridized carbons (Fsp3) is 0.533. The SMILES string of the molecule is CC(=O)c1cc(C)ccc1OCCC(C)(C)C. The number of hydrogen-bond donors (Lipinski definition) is 0. The number of carbonyl (C=O) groups excluding carboxylic acids is 1. The topological polar surface area (TPSA) is 26.3 Å². The van der Waals surface area contributed by atoms with E-state index in [-0.39, 0.29) is 11.2 Å². The minimum Gasteiger partial charge on any atom is -0.493 e. The molecule has 0 aliphatic heterocycles. The van der Waals surface area contributed by atoms with E-state index in [4.69, 9.17) is 4.74 Å². The molecule has 17 heavy (non-hydrogen) atoms. The average molecular weight is 234 g/mol. The van der Waals surface area contributed by atoms with Gasteiger partial charge in [-0.25, -0.2) is 0 Å². The first-order valence-electron chi connectivity index (χ1n) is 6.04. The lowest BCUT2D eigenvalue weighted by Gasteiger charge is -2.19. The van der Waals surface area contributed by atoms with E-state index in [9.17, 15) is 4.79 Å². The lowest BCUT2D eigenvalue weighted by atomic mass is 9.93. The van der Waals surface area contributed by atoms with Crippen molar-refractivity contribution in [2.75, 3.05) is 6.61 Å². The molecule has 0 aliphatic rings. The summed E-state index contributed by atoms with van der Waals surface area (Å²) in [5.74, 6) is 0.756. The molecule has 0 unspecified atom stereocenters. The maximum absolute atomic E-state index is 11.5. The minimum absolute atomic E-state index is 0.0551. The van der Waals surface area contributed by atoms with Crippen LogP contribution in [0.4, 0.5) is 0 Å². The summed E-state index contributed by atoms with van der Waals surface area (Å²) in [4.78, 5) is 11.5. The van der Waals surface area contributed by atoms with Crippen LogP contribution in [-0.2, 0) is 0 Å². The van der Waals surface area contributed by atoms with Crippen LogP contribution in [0.25, 0.3) is 0 Å². The molecule has 2 heteroatoms. The fourth-order valence-corrected chi connectivity index (χ4v) is 1.51. The average Bonchev–Trinajstić information content (AvgIpc) is 2.18. The Bertz CT molecular complexity index is 400. The van der Waals surface area contributed by atoms with Gasteiger partial charge in [0.2, 0.25) is 0 Å². The smallest absolute Gasteiger partial charge is 0.163 e. The van der Waals surface area contributed by atoms with E-state index in [2.05, 4.69) is 20.8 Å². The zero-order chi connectivity index (χ0) is 13.1. The second-order valence-corrected chi connectivity index (χ2v) is 5.71. The van der Waals surface area contributed by atoms with Gasteiger partial charge in [-0.15, -0.1) is 0 Å². The number of benzene rings is 1. The molecule has 0 aliphatic carbocycles. The highest BCUT2D eigenvalue weighted by molar-refractivity contribution is 5.97. The summed E-state index contributed by atoms with van der Waals surface area (Å²) in [5.41, 5.74) is 2.01. The maximum Gasteiger partial charge on any atom is 0.163 e. The third-order valence-electron chi connectivity index (χ3n) is 2.62. The summed E-state index contributed by atoms with van der Waals surface area (Å²) in [6, 6.07) is 5.74. The van der Waals surface area contributed by atoms with Crippen molar-refractivity contribution in [1.29, 1.82) is 0 Å². The molecule has 0 heterocycles. The van der Waals surface area contributed by atoms with Crippen LogP contribution < -0.4 is 4.74 Å². The van der Waals surface area contributed by atoms with Crippen LogP contribution in [0.1, 0.15) is 50.0 Å². The van der Waals surface area contributed by atoms with Gasteiger partial charge in [0.15, 0.2) is 5.78 Å². The van der Waals surface area contributed by atoms with Gasteiger partial charge < -0.3 is 4.74 Å². The van der Waals surface area contributed by atoms with Crippen molar-refractivity contribution in [3.63, 3.8) is 0 Å². The van der Waals surface area contributed by atoms with E-state index in [1.54, 1.807) is 6.92 Å². The van der Waals surface area contributed by atoms with Crippen molar-refractivity contribution < 1.29 is 9.53 Å². The van der Waals surface area contributed by atoms with Gasteiger partial charge in [0.05, 0.1) is 12.2 Å². The number of ether oxygens (including phenoxy) is 1. The molecule has 0 amide bonds. The Morgan fingerprint density at radius 3 is 2.47 bits per heavy atom.